The third-order valence-electron chi connectivity index (χ3n) is 8.12. The fourth-order valence-electron chi connectivity index (χ4n) is 7.02. The van der Waals surface area contributed by atoms with Crippen molar-refractivity contribution in [3.8, 4) is 0 Å². The maximum Gasteiger partial charge on any atom is 0.337 e. The minimum atomic E-state index is -0.805. The van der Waals surface area contributed by atoms with E-state index in [-0.39, 0.29) is 28.6 Å². The van der Waals surface area contributed by atoms with Gasteiger partial charge in [-0.15, -0.1) is 0 Å². The molecule has 28 heavy (non-hydrogen) atoms. The van der Waals surface area contributed by atoms with Gasteiger partial charge in [0.2, 0.25) is 0 Å². The van der Waals surface area contributed by atoms with Crippen LogP contribution < -0.4 is 0 Å². The largest absolute Gasteiger partial charge is 0.459 e. The zero-order chi connectivity index (χ0) is 20.6. The summed E-state index contributed by atoms with van der Waals surface area (Å²) in [4.78, 5) is 24.6. The smallest absolute Gasteiger partial charge is 0.337 e. The lowest BCUT2D eigenvalue weighted by Gasteiger charge is -2.39. The van der Waals surface area contributed by atoms with Crippen LogP contribution in [0.4, 0.5) is 0 Å². The minimum absolute atomic E-state index is 0.0705. The molecule has 0 bridgehead atoms. The fourth-order valence-corrected chi connectivity index (χ4v) is 7.02. The molecule has 2 fully saturated rings. The summed E-state index contributed by atoms with van der Waals surface area (Å²) in [5.74, 6) is -1.09. The Morgan fingerprint density at radius 2 is 1.89 bits per heavy atom. The molecule has 1 aliphatic heterocycles. The van der Waals surface area contributed by atoms with Crippen molar-refractivity contribution >= 4 is 11.9 Å². The summed E-state index contributed by atoms with van der Waals surface area (Å²) < 4.78 is 11.5. The van der Waals surface area contributed by atoms with Gasteiger partial charge in [0.1, 0.15) is 12.2 Å². The van der Waals surface area contributed by atoms with E-state index in [1.165, 1.54) is 6.92 Å². The number of rotatable bonds is 2. The highest BCUT2D eigenvalue weighted by atomic mass is 16.6. The SMILES string of the molecule is CC(=O)OC1C(O)C(C(C)C)C2(C)CCC3(C)CCC(O)C4=C3C(OC4=O)C12. The zero-order valence-electron chi connectivity index (χ0n) is 17.4. The zero-order valence-corrected chi connectivity index (χ0v) is 17.4. The number of fused-ring (bicyclic) bond motifs is 2. The van der Waals surface area contributed by atoms with Crippen molar-refractivity contribution in [1.82, 2.24) is 0 Å². The van der Waals surface area contributed by atoms with Crippen molar-refractivity contribution in [1.29, 1.82) is 0 Å². The van der Waals surface area contributed by atoms with Crippen LogP contribution in [0, 0.1) is 28.6 Å². The molecule has 3 aliphatic carbocycles. The van der Waals surface area contributed by atoms with Crippen LogP contribution in [-0.2, 0) is 19.1 Å². The van der Waals surface area contributed by atoms with Crippen molar-refractivity contribution < 1.29 is 29.3 Å². The predicted molar refractivity (Wildman–Crippen MR) is 101 cm³/mol. The third kappa shape index (κ3) is 2.53. The van der Waals surface area contributed by atoms with Crippen LogP contribution in [0.2, 0.25) is 0 Å². The van der Waals surface area contributed by atoms with Crippen LogP contribution in [0.3, 0.4) is 0 Å². The van der Waals surface area contributed by atoms with Crippen LogP contribution in [0.1, 0.15) is 60.3 Å². The van der Waals surface area contributed by atoms with Crippen LogP contribution >= 0.6 is 0 Å². The quantitative estimate of drug-likeness (QED) is 0.701. The van der Waals surface area contributed by atoms with Gasteiger partial charge in [0.05, 0.1) is 17.8 Å². The summed E-state index contributed by atoms with van der Waals surface area (Å²) >= 11 is 0. The monoisotopic (exact) mass is 392 g/mol. The maximum atomic E-state index is 12.7. The lowest BCUT2D eigenvalue weighted by molar-refractivity contribution is -0.160. The van der Waals surface area contributed by atoms with Crippen LogP contribution in [0.15, 0.2) is 11.1 Å². The van der Waals surface area contributed by atoms with Gasteiger partial charge in [-0.2, -0.15) is 0 Å². The van der Waals surface area contributed by atoms with Crippen molar-refractivity contribution in [3.63, 3.8) is 0 Å². The van der Waals surface area contributed by atoms with Crippen LogP contribution in [0.5, 0.6) is 0 Å². The van der Waals surface area contributed by atoms with Crippen LogP contribution in [0.25, 0.3) is 0 Å². The third-order valence-corrected chi connectivity index (χ3v) is 8.12. The van der Waals surface area contributed by atoms with E-state index in [1.54, 1.807) is 0 Å². The molecule has 0 spiro atoms. The first-order valence-electron chi connectivity index (χ1n) is 10.5. The molecule has 2 saturated carbocycles. The summed E-state index contributed by atoms with van der Waals surface area (Å²) in [5, 5.41) is 21.7. The highest BCUT2D eigenvalue weighted by Crippen LogP contribution is 2.64. The van der Waals surface area contributed by atoms with Crippen molar-refractivity contribution in [2.45, 2.75) is 84.7 Å². The molecule has 1 heterocycles. The van der Waals surface area contributed by atoms with E-state index in [0.29, 0.717) is 12.0 Å². The highest BCUT2D eigenvalue weighted by molar-refractivity contribution is 5.94. The lowest BCUT2D eigenvalue weighted by atomic mass is 9.65. The number of esters is 2. The summed E-state index contributed by atoms with van der Waals surface area (Å²) in [6, 6.07) is 0. The summed E-state index contributed by atoms with van der Waals surface area (Å²) in [6.07, 6.45) is 0.190. The van der Waals surface area contributed by atoms with Gasteiger partial charge < -0.3 is 19.7 Å². The number of aliphatic hydroxyl groups is 2. The lowest BCUT2D eigenvalue weighted by Crippen LogP contribution is -2.43. The van der Waals surface area contributed by atoms with E-state index in [2.05, 4.69) is 27.7 Å². The molecule has 4 aliphatic rings. The predicted octanol–water partition coefficient (Wildman–Crippen LogP) is 2.36. The number of carbonyl (C=O) groups is 2. The van der Waals surface area contributed by atoms with Gasteiger partial charge in [0.25, 0.3) is 0 Å². The second kappa shape index (κ2) is 6.30. The Hall–Kier alpha value is -1.40. The number of ether oxygens (including phenoxy) is 2. The van der Waals surface area contributed by atoms with Crippen molar-refractivity contribution in [3.05, 3.63) is 11.1 Å². The van der Waals surface area contributed by atoms with E-state index in [9.17, 15) is 19.8 Å². The van der Waals surface area contributed by atoms with Gasteiger partial charge >= 0.3 is 11.9 Å². The fraction of sp³-hybridized carbons (Fsp3) is 0.818. The summed E-state index contributed by atoms with van der Waals surface area (Å²) in [6.45, 7) is 9.83. The Bertz CT molecular complexity index is 741. The molecule has 8 atom stereocenters. The molecule has 0 aromatic carbocycles. The highest BCUT2D eigenvalue weighted by Gasteiger charge is 2.67. The van der Waals surface area contributed by atoms with Gasteiger partial charge in [-0.1, -0.05) is 27.7 Å². The number of carbonyl (C=O) groups excluding carboxylic acids is 2. The molecule has 0 aromatic heterocycles. The second-order valence-corrected chi connectivity index (χ2v) is 10.1. The second-order valence-electron chi connectivity index (χ2n) is 10.1. The van der Waals surface area contributed by atoms with Crippen molar-refractivity contribution in [2.75, 3.05) is 0 Å². The van der Waals surface area contributed by atoms with Gasteiger partial charge in [-0.25, -0.2) is 4.79 Å². The Labute approximate surface area is 166 Å². The normalized spacial score (nSPS) is 47.5. The Morgan fingerprint density at radius 3 is 2.50 bits per heavy atom. The molecule has 0 aromatic rings. The average Bonchev–Trinajstić information content (AvgIpc) is 3.00. The standard InChI is InChI=1S/C22H32O6/c1-10(2)14-17(25)19(27-11(3)23)16-18-15-13(20(26)28-18)12(24)6-7-21(15,4)8-9-22(14,16)5/h10,12,14,16-19,24-25H,6-9H2,1-5H3. The summed E-state index contributed by atoms with van der Waals surface area (Å²) in [7, 11) is 0. The Balaban J connectivity index is 1.90. The van der Waals surface area contributed by atoms with Gasteiger partial charge in [0, 0.05) is 12.8 Å². The Kier molecular flexibility index (Phi) is 4.47. The van der Waals surface area contributed by atoms with E-state index in [1.807, 2.05) is 0 Å². The molecule has 6 heteroatoms. The molecule has 0 radical (unpaired) electrons. The Morgan fingerprint density at radius 1 is 1.21 bits per heavy atom. The first-order valence-corrected chi connectivity index (χ1v) is 10.5. The molecule has 0 saturated heterocycles. The number of hydrogen-bond acceptors (Lipinski definition) is 6. The molecule has 156 valence electrons. The van der Waals surface area contributed by atoms with Crippen LogP contribution in [-0.4, -0.2) is 46.6 Å². The molecule has 0 amide bonds. The molecule has 6 nitrogen and oxygen atoms in total. The van der Waals surface area contributed by atoms with E-state index in [0.717, 1.165) is 24.8 Å². The van der Waals surface area contributed by atoms with E-state index < -0.39 is 36.4 Å². The molecular formula is C22H32O6. The molecule has 8 unspecified atom stereocenters. The average molecular weight is 392 g/mol. The molecule has 4 rings (SSSR count). The van der Waals surface area contributed by atoms with Crippen molar-refractivity contribution in [2.24, 2.45) is 28.6 Å². The van der Waals surface area contributed by atoms with Gasteiger partial charge in [-0.05, 0) is 53.9 Å². The molecule has 2 N–H and O–H groups in total. The van der Waals surface area contributed by atoms with E-state index >= 15 is 0 Å². The number of hydrogen-bond donors (Lipinski definition) is 2. The van der Waals surface area contributed by atoms with Gasteiger partial charge in [-0.3, -0.25) is 4.79 Å². The first-order chi connectivity index (χ1) is 13.0. The van der Waals surface area contributed by atoms with Gasteiger partial charge in [0.15, 0.2) is 0 Å². The topological polar surface area (TPSA) is 93.1 Å². The minimum Gasteiger partial charge on any atom is -0.459 e. The summed E-state index contributed by atoms with van der Waals surface area (Å²) in [5.41, 5.74) is 0.740. The number of aliphatic hydroxyl groups excluding tert-OH is 2. The maximum absolute atomic E-state index is 12.7. The first kappa shape index (κ1) is 19.9. The van der Waals surface area contributed by atoms with E-state index in [4.69, 9.17) is 9.47 Å². The molecular weight excluding hydrogens is 360 g/mol.